The van der Waals surface area contributed by atoms with Gasteiger partial charge in [0.2, 0.25) is 0 Å². The van der Waals surface area contributed by atoms with E-state index in [0.29, 0.717) is 23.8 Å². The fraction of sp³-hybridized carbons (Fsp3) is 0.273. The van der Waals surface area contributed by atoms with E-state index < -0.39 is 0 Å². The fourth-order valence-electron chi connectivity index (χ4n) is 1.35. The van der Waals surface area contributed by atoms with Crippen LogP contribution < -0.4 is 5.32 Å². The number of rotatable bonds is 4. The van der Waals surface area contributed by atoms with E-state index in [2.05, 4.69) is 15.3 Å². The summed E-state index contributed by atoms with van der Waals surface area (Å²) in [6.07, 6.45) is 3.24. The van der Waals surface area contributed by atoms with Crippen LogP contribution in [0, 0.1) is 6.92 Å². The first-order chi connectivity index (χ1) is 7.79. The van der Waals surface area contributed by atoms with Crippen molar-refractivity contribution in [3.63, 3.8) is 0 Å². The second kappa shape index (κ2) is 4.76. The van der Waals surface area contributed by atoms with E-state index in [1.54, 1.807) is 19.4 Å². The number of hydrogen-bond acceptors (Lipinski definition) is 5. The van der Waals surface area contributed by atoms with Crippen LogP contribution >= 0.6 is 0 Å². The van der Waals surface area contributed by atoms with Crippen LogP contribution in [0.3, 0.4) is 0 Å². The predicted molar refractivity (Wildman–Crippen MR) is 58.7 cm³/mol. The third-order valence-corrected chi connectivity index (χ3v) is 2.17. The second-order valence-corrected chi connectivity index (χ2v) is 3.38. The molecule has 0 saturated carbocycles. The predicted octanol–water partition coefficient (Wildman–Crippen LogP) is 1.48. The first-order valence-corrected chi connectivity index (χ1v) is 4.99. The van der Waals surface area contributed by atoms with Crippen LogP contribution in [0.1, 0.15) is 17.1 Å². The largest absolute Gasteiger partial charge is 0.467 e. The molecule has 0 saturated heterocycles. The molecule has 0 amide bonds. The number of nitrogens with zero attached hydrogens (tertiary/aromatic N) is 2. The van der Waals surface area contributed by atoms with Crippen molar-refractivity contribution < 1.29 is 9.52 Å². The third kappa shape index (κ3) is 2.38. The fourth-order valence-corrected chi connectivity index (χ4v) is 1.35. The number of furan rings is 1. The summed E-state index contributed by atoms with van der Waals surface area (Å²) in [6, 6.07) is 3.70. The normalized spacial score (nSPS) is 10.4. The SMILES string of the molecule is Cc1ncc(CO)c(NCc2ccco2)n1. The van der Waals surface area contributed by atoms with Crippen LogP contribution in [0.25, 0.3) is 0 Å². The highest BCUT2D eigenvalue weighted by atomic mass is 16.3. The quantitative estimate of drug-likeness (QED) is 0.815. The number of aliphatic hydroxyl groups excluding tert-OH is 1. The van der Waals surface area contributed by atoms with Gasteiger partial charge < -0.3 is 14.8 Å². The molecule has 2 heterocycles. The molecule has 2 N–H and O–H groups in total. The molecule has 0 bridgehead atoms. The van der Waals surface area contributed by atoms with Gasteiger partial charge in [-0.25, -0.2) is 9.97 Å². The van der Waals surface area contributed by atoms with E-state index >= 15 is 0 Å². The lowest BCUT2D eigenvalue weighted by Crippen LogP contribution is -2.06. The Morgan fingerprint density at radius 3 is 3.06 bits per heavy atom. The highest BCUT2D eigenvalue weighted by Gasteiger charge is 2.04. The maximum absolute atomic E-state index is 9.12. The van der Waals surface area contributed by atoms with Gasteiger partial charge in [0.05, 0.1) is 19.4 Å². The molecular formula is C11H13N3O2. The topological polar surface area (TPSA) is 71.2 Å². The molecule has 0 atom stereocenters. The zero-order chi connectivity index (χ0) is 11.4. The molecule has 84 valence electrons. The van der Waals surface area contributed by atoms with E-state index in [-0.39, 0.29) is 6.61 Å². The Balaban J connectivity index is 2.11. The minimum absolute atomic E-state index is 0.0826. The van der Waals surface area contributed by atoms with Gasteiger partial charge in [0.25, 0.3) is 0 Å². The van der Waals surface area contributed by atoms with Gasteiger partial charge in [0.1, 0.15) is 17.4 Å². The lowest BCUT2D eigenvalue weighted by atomic mass is 10.3. The van der Waals surface area contributed by atoms with Gasteiger partial charge in [-0.3, -0.25) is 0 Å². The monoisotopic (exact) mass is 219 g/mol. The Hall–Kier alpha value is -1.88. The van der Waals surface area contributed by atoms with Crippen LogP contribution in [0.2, 0.25) is 0 Å². The van der Waals surface area contributed by atoms with Crippen LogP contribution in [-0.2, 0) is 13.2 Å². The summed E-state index contributed by atoms with van der Waals surface area (Å²) in [5.41, 5.74) is 0.678. The summed E-state index contributed by atoms with van der Waals surface area (Å²) in [6.45, 7) is 2.26. The number of anilines is 1. The van der Waals surface area contributed by atoms with Crippen LogP contribution in [0.15, 0.2) is 29.0 Å². The molecular weight excluding hydrogens is 206 g/mol. The minimum Gasteiger partial charge on any atom is -0.467 e. The summed E-state index contributed by atoms with van der Waals surface area (Å²) >= 11 is 0. The first kappa shape index (κ1) is 10.6. The summed E-state index contributed by atoms with van der Waals surface area (Å²) < 4.78 is 5.19. The van der Waals surface area contributed by atoms with E-state index in [4.69, 9.17) is 9.52 Å². The molecule has 0 fully saturated rings. The molecule has 0 unspecified atom stereocenters. The third-order valence-electron chi connectivity index (χ3n) is 2.17. The standard InChI is InChI=1S/C11H13N3O2/c1-8-12-5-9(7-15)11(14-8)13-6-10-3-2-4-16-10/h2-5,15H,6-7H2,1H3,(H,12,13,14). The summed E-state index contributed by atoms with van der Waals surface area (Å²) in [5.74, 6) is 2.13. The molecule has 16 heavy (non-hydrogen) atoms. The molecule has 0 spiro atoms. The lowest BCUT2D eigenvalue weighted by Gasteiger charge is -2.08. The summed E-state index contributed by atoms with van der Waals surface area (Å²) in [4.78, 5) is 8.24. The van der Waals surface area contributed by atoms with Crippen molar-refractivity contribution in [2.24, 2.45) is 0 Å². The molecule has 0 aliphatic rings. The van der Waals surface area contributed by atoms with E-state index in [1.807, 2.05) is 12.1 Å². The van der Waals surface area contributed by atoms with Crippen molar-refractivity contribution in [1.82, 2.24) is 9.97 Å². The molecule has 0 aliphatic carbocycles. The number of hydrogen-bond donors (Lipinski definition) is 2. The number of nitrogens with one attached hydrogen (secondary N) is 1. The number of aryl methyl sites for hydroxylation is 1. The average Bonchev–Trinajstić information content (AvgIpc) is 2.79. The second-order valence-electron chi connectivity index (χ2n) is 3.38. The van der Waals surface area contributed by atoms with Crippen LogP contribution in [-0.4, -0.2) is 15.1 Å². The molecule has 0 aliphatic heterocycles. The van der Waals surface area contributed by atoms with Crippen molar-refractivity contribution in [2.75, 3.05) is 5.32 Å². The minimum atomic E-state index is -0.0826. The Labute approximate surface area is 93.2 Å². The lowest BCUT2D eigenvalue weighted by molar-refractivity contribution is 0.281. The summed E-state index contributed by atoms with van der Waals surface area (Å²) in [7, 11) is 0. The molecule has 2 rings (SSSR count). The van der Waals surface area contributed by atoms with Crippen molar-refractivity contribution in [3.05, 3.63) is 41.7 Å². The van der Waals surface area contributed by atoms with Crippen LogP contribution in [0.5, 0.6) is 0 Å². The van der Waals surface area contributed by atoms with Gasteiger partial charge in [-0.2, -0.15) is 0 Å². The Bertz CT molecular complexity index is 454. The van der Waals surface area contributed by atoms with Gasteiger partial charge in [-0.15, -0.1) is 0 Å². The maximum Gasteiger partial charge on any atom is 0.135 e. The molecule has 0 aromatic carbocycles. The Morgan fingerprint density at radius 1 is 1.50 bits per heavy atom. The van der Waals surface area contributed by atoms with Gasteiger partial charge in [-0.05, 0) is 19.1 Å². The average molecular weight is 219 g/mol. The van der Waals surface area contributed by atoms with Crippen molar-refractivity contribution in [1.29, 1.82) is 0 Å². The molecule has 5 nitrogen and oxygen atoms in total. The molecule has 0 radical (unpaired) electrons. The van der Waals surface area contributed by atoms with Gasteiger partial charge in [0, 0.05) is 11.8 Å². The zero-order valence-electron chi connectivity index (χ0n) is 8.97. The van der Waals surface area contributed by atoms with E-state index in [9.17, 15) is 0 Å². The highest BCUT2D eigenvalue weighted by Crippen LogP contribution is 2.13. The smallest absolute Gasteiger partial charge is 0.135 e. The molecule has 2 aromatic rings. The molecule has 2 aromatic heterocycles. The first-order valence-electron chi connectivity index (χ1n) is 4.99. The highest BCUT2D eigenvalue weighted by molar-refractivity contribution is 5.42. The van der Waals surface area contributed by atoms with E-state index in [1.165, 1.54) is 0 Å². The Kier molecular flexibility index (Phi) is 3.16. The maximum atomic E-state index is 9.12. The Morgan fingerprint density at radius 2 is 2.38 bits per heavy atom. The van der Waals surface area contributed by atoms with Crippen LogP contribution in [0.4, 0.5) is 5.82 Å². The van der Waals surface area contributed by atoms with Gasteiger partial charge in [0.15, 0.2) is 0 Å². The van der Waals surface area contributed by atoms with Crippen molar-refractivity contribution in [2.45, 2.75) is 20.1 Å². The van der Waals surface area contributed by atoms with Gasteiger partial charge >= 0.3 is 0 Å². The zero-order valence-corrected chi connectivity index (χ0v) is 8.97. The molecule has 5 heteroatoms. The number of aliphatic hydroxyl groups is 1. The van der Waals surface area contributed by atoms with Gasteiger partial charge in [-0.1, -0.05) is 0 Å². The van der Waals surface area contributed by atoms with Crippen molar-refractivity contribution in [3.8, 4) is 0 Å². The summed E-state index contributed by atoms with van der Waals surface area (Å²) in [5, 5.41) is 12.2. The van der Waals surface area contributed by atoms with E-state index in [0.717, 1.165) is 5.76 Å². The number of aromatic nitrogens is 2. The van der Waals surface area contributed by atoms with Crippen molar-refractivity contribution >= 4 is 5.82 Å².